The van der Waals surface area contributed by atoms with E-state index in [4.69, 9.17) is 9.47 Å². The van der Waals surface area contributed by atoms with E-state index in [-0.39, 0.29) is 18.3 Å². The van der Waals surface area contributed by atoms with E-state index >= 15 is 0 Å². The molecule has 122 valence electrons. The lowest BCUT2D eigenvalue weighted by molar-refractivity contribution is -0.136. The van der Waals surface area contributed by atoms with Crippen molar-refractivity contribution in [1.82, 2.24) is 4.90 Å². The van der Waals surface area contributed by atoms with Gasteiger partial charge in [0.1, 0.15) is 12.4 Å². The third-order valence-electron chi connectivity index (χ3n) is 4.12. The second kappa shape index (κ2) is 8.86. The predicted molar refractivity (Wildman–Crippen MR) is 81.9 cm³/mol. The maximum atomic E-state index is 13.4. The monoisotopic (exact) mass is 309 g/mol. The number of methoxy groups -OCH3 is 1. The summed E-state index contributed by atoms with van der Waals surface area (Å²) in [6.45, 7) is 2.69. The van der Waals surface area contributed by atoms with Crippen LogP contribution in [-0.4, -0.2) is 44.2 Å². The van der Waals surface area contributed by atoms with Gasteiger partial charge in [-0.15, -0.1) is 0 Å². The standard InChI is InChI=1S/C17H24FNO3/c1-21-13-17(20)19-9-6-14(7-10-19)8-11-22-12-15-4-2-3-5-16(15)18/h2-5,14H,6-13H2,1H3. The molecule has 0 N–H and O–H groups in total. The van der Waals surface area contributed by atoms with Crippen LogP contribution in [0.4, 0.5) is 4.39 Å². The molecule has 0 aromatic heterocycles. The number of likely N-dealkylation sites (tertiary alicyclic amines) is 1. The number of piperidine rings is 1. The average molecular weight is 309 g/mol. The molecule has 1 aromatic carbocycles. The lowest BCUT2D eigenvalue weighted by Gasteiger charge is -2.31. The lowest BCUT2D eigenvalue weighted by atomic mass is 9.94. The van der Waals surface area contributed by atoms with Crippen LogP contribution in [0.15, 0.2) is 24.3 Å². The van der Waals surface area contributed by atoms with Crippen molar-refractivity contribution >= 4 is 5.91 Å². The minimum absolute atomic E-state index is 0.0664. The molecule has 0 aliphatic carbocycles. The molecule has 0 atom stereocenters. The number of hydrogen-bond acceptors (Lipinski definition) is 3. The Labute approximate surface area is 131 Å². The van der Waals surface area contributed by atoms with E-state index in [1.807, 2.05) is 11.0 Å². The fraction of sp³-hybridized carbons (Fsp3) is 0.588. The van der Waals surface area contributed by atoms with Gasteiger partial charge in [-0.2, -0.15) is 0 Å². The zero-order valence-electron chi connectivity index (χ0n) is 13.1. The summed E-state index contributed by atoms with van der Waals surface area (Å²) in [6, 6.07) is 6.69. The summed E-state index contributed by atoms with van der Waals surface area (Å²) in [6.07, 6.45) is 2.96. The molecule has 1 amide bonds. The lowest BCUT2D eigenvalue weighted by Crippen LogP contribution is -2.40. The van der Waals surface area contributed by atoms with E-state index in [1.54, 1.807) is 12.1 Å². The van der Waals surface area contributed by atoms with Crippen LogP contribution in [0, 0.1) is 11.7 Å². The van der Waals surface area contributed by atoms with Gasteiger partial charge in [-0.05, 0) is 31.2 Å². The maximum Gasteiger partial charge on any atom is 0.248 e. The Morgan fingerprint density at radius 1 is 1.32 bits per heavy atom. The van der Waals surface area contributed by atoms with Gasteiger partial charge in [-0.25, -0.2) is 4.39 Å². The molecule has 0 spiro atoms. The molecule has 0 radical (unpaired) electrons. The summed E-state index contributed by atoms with van der Waals surface area (Å²) in [4.78, 5) is 13.6. The van der Waals surface area contributed by atoms with Crippen LogP contribution >= 0.6 is 0 Å². The fourth-order valence-electron chi connectivity index (χ4n) is 2.73. The number of nitrogens with zero attached hydrogens (tertiary/aromatic N) is 1. The van der Waals surface area contributed by atoms with Gasteiger partial charge >= 0.3 is 0 Å². The second-order valence-electron chi connectivity index (χ2n) is 5.69. The third-order valence-corrected chi connectivity index (χ3v) is 4.12. The molecular weight excluding hydrogens is 285 g/mol. The topological polar surface area (TPSA) is 38.8 Å². The first-order valence-electron chi connectivity index (χ1n) is 7.78. The number of rotatable bonds is 7. The van der Waals surface area contributed by atoms with Crippen molar-refractivity contribution < 1.29 is 18.7 Å². The number of benzene rings is 1. The molecule has 5 heteroatoms. The molecule has 2 rings (SSSR count). The molecule has 1 heterocycles. The van der Waals surface area contributed by atoms with Gasteiger partial charge in [-0.3, -0.25) is 4.79 Å². The van der Waals surface area contributed by atoms with Crippen LogP contribution in [0.3, 0.4) is 0 Å². The first-order valence-corrected chi connectivity index (χ1v) is 7.78. The van der Waals surface area contributed by atoms with Crippen LogP contribution in [0.25, 0.3) is 0 Å². The summed E-state index contributed by atoms with van der Waals surface area (Å²) >= 11 is 0. The van der Waals surface area contributed by atoms with Crippen molar-refractivity contribution in [1.29, 1.82) is 0 Å². The second-order valence-corrected chi connectivity index (χ2v) is 5.69. The van der Waals surface area contributed by atoms with E-state index in [0.29, 0.717) is 24.7 Å². The number of hydrogen-bond donors (Lipinski definition) is 0. The Morgan fingerprint density at radius 3 is 2.73 bits per heavy atom. The molecule has 1 aromatic rings. The molecule has 1 saturated heterocycles. The largest absolute Gasteiger partial charge is 0.377 e. The maximum absolute atomic E-state index is 13.4. The van der Waals surface area contributed by atoms with Gasteiger partial charge in [-0.1, -0.05) is 18.2 Å². The summed E-state index contributed by atoms with van der Waals surface area (Å²) in [5.74, 6) is 0.427. The van der Waals surface area contributed by atoms with E-state index in [1.165, 1.54) is 13.2 Å². The van der Waals surface area contributed by atoms with Crippen molar-refractivity contribution in [2.45, 2.75) is 25.9 Å². The van der Waals surface area contributed by atoms with Crippen LogP contribution in [0.1, 0.15) is 24.8 Å². The normalized spacial score (nSPS) is 16.0. The average Bonchev–Trinajstić information content (AvgIpc) is 2.54. The summed E-state index contributed by atoms with van der Waals surface area (Å²) in [7, 11) is 1.54. The van der Waals surface area contributed by atoms with E-state index in [2.05, 4.69) is 0 Å². The Morgan fingerprint density at radius 2 is 2.05 bits per heavy atom. The quantitative estimate of drug-likeness (QED) is 0.727. The first-order chi connectivity index (χ1) is 10.7. The van der Waals surface area contributed by atoms with E-state index in [9.17, 15) is 9.18 Å². The molecule has 0 saturated carbocycles. The molecule has 0 bridgehead atoms. The molecule has 1 fully saturated rings. The van der Waals surface area contributed by atoms with E-state index in [0.717, 1.165) is 32.4 Å². The number of halogens is 1. The van der Waals surface area contributed by atoms with Gasteiger partial charge in [0.05, 0.1) is 6.61 Å². The van der Waals surface area contributed by atoms with Crippen molar-refractivity contribution in [3.8, 4) is 0 Å². The van der Waals surface area contributed by atoms with Gasteiger partial charge in [0.2, 0.25) is 5.91 Å². The molecule has 4 nitrogen and oxygen atoms in total. The fourth-order valence-corrected chi connectivity index (χ4v) is 2.73. The number of carbonyl (C=O) groups excluding carboxylic acids is 1. The SMILES string of the molecule is COCC(=O)N1CCC(CCOCc2ccccc2F)CC1. The van der Waals surface area contributed by atoms with Crippen molar-refractivity contribution in [2.24, 2.45) is 5.92 Å². The van der Waals surface area contributed by atoms with Gasteiger partial charge in [0.15, 0.2) is 0 Å². The smallest absolute Gasteiger partial charge is 0.248 e. The molecular formula is C17H24FNO3. The summed E-state index contributed by atoms with van der Waals surface area (Å²) in [5, 5.41) is 0. The summed E-state index contributed by atoms with van der Waals surface area (Å²) in [5.41, 5.74) is 0.600. The Kier molecular flexibility index (Phi) is 6.80. The van der Waals surface area contributed by atoms with Gasteiger partial charge in [0, 0.05) is 32.4 Å². The highest BCUT2D eigenvalue weighted by molar-refractivity contribution is 5.77. The molecule has 22 heavy (non-hydrogen) atoms. The highest BCUT2D eigenvalue weighted by atomic mass is 19.1. The van der Waals surface area contributed by atoms with Crippen LogP contribution in [0.2, 0.25) is 0 Å². The van der Waals surface area contributed by atoms with Crippen LogP contribution < -0.4 is 0 Å². The van der Waals surface area contributed by atoms with Crippen molar-refractivity contribution in [3.05, 3.63) is 35.6 Å². The molecule has 1 aliphatic heterocycles. The Balaban J connectivity index is 1.61. The number of ether oxygens (including phenoxy) is 2. The number of carbonyl (C=O) groups is 1. The van der Waals surface area contributed by atoms with Crippen LogP contribution in [-0.2, 0) is 20.9 Å². The minimum Gasteiger partial charge on any atom is -0.377 e. The Bertz CT molecular complexity index is 473. The van der Waals surface area contributed by atoms with Crippen LogP contribution in [0.5, 0.6) is 0 Å². The van der Waals surface area contributed by atoms with Gasteiger partial charge < -0.3 is 14.4 Å². The Hall–Kier alpha value is -1.46. The molecule has 0 unspecified atom stereocenters. The van der Waals surface area contributed by atoms with E-state index < -0.39 is 0 Å². The first kappa shape index (κ1) is 16.9. The van der Waals surface area contributed by atoms with Crippen molar-refractivity contribution in [2.75, 3.05) is 33.4 Å². The third kappa shape index (κ3) is 5.07. The molecule has 1 aliphatic rings. The number of amides is 1. The minimum atomic E-state index is -0.215. The zero-order valence-corrected chi connectivity index (χ0v) is 13.1. The zero-order chi connectivity index (χ0) is 15.8. The van der Waals surface area contributed by atoms with Crippen molar-refractivity contribution in [3.63, 3.8) is 0 Å². The highest BCUT2D eigenvalue weighted by Gasteiger charge is 2.22. The summed E-state index contributed by atoms with van der Waals surface area (Å²) < 4.78 is 23.9. The predicted octanol–water partition coefficient (Wildman–Crippen LogP) is 2.62. The highest BCUT2D eigenvalue weighted by Crippen LogP contribution is 2.21. The van der Waals surface area contributed by atoms with Gasteiger partial charge in [0.25, 0.3) is 0 Å².